The van der Waals surface area contributed by atoms with Crippen LogP contribution in [0.15, 0.2) is 0 Å². The van der Waals surface area contributed by atoms with Gasteiger partial charge < -0.3 is 14.4 Å². The van der Waals surface area contributed by atoms with E-state index in [2.05, 4.69) is 0 Å². The van der Waals surface area contributed by atoms with Crippen LogP contribution in [0.25, 0.3) is 0 Å². The molecule has 0 aromatic rings. The molecule has 0 aromatic heterocycles. The van der Waals surface area contributed by atoms with Gasteiger partial charge in [-0.2, -0.15) is 0 Å². The summed E-state index contributed by atoms with van der Waals surface area (Å²) in [6.07, 6.45) is 3.90. The van der Waals surface area contributed by atoms with Crippen molar-refractivity contribution in [1.29, 1.82) is 0 Å². The summed E-state index contributed by atoms with van der Waals surface area (Å²) in [7, 11) is 1.84. The number of amides is 1. The first-order valence-electron chi connectivity index (χ1n) is 7.01. The van der Waals surface area contributed by atoms with Crippen LogP contribution < -0.4 is 0 Å². The van der Waals surface area contributed by atoms with E-state index in [9.17, 15) is 4.79 Å². The smallest absolute Gasteiger partial charge is 0.222 e. The molecule has 4 heteroatoms. The van der Waals surface area contributed by atoms with Gasteiger partial charge in [0.15, 0.2) is 0 Å². The van der Waals surface area contributed by atoms with Gasteiger partial charge in [0.1, 0.15) is 0 Å². The number of carbonyl (C=O) groups is 1. The fourth-order valence-electron chi connectivity index (χ4n) is 1.54. The predicted molar refractivity (Wildman–Crippen MR) is 73.7 cm³/mol. The van der Waals surface area contributed by atoms with Gasteiger partial charge in [-0.1, -0.05) is 6.42 Å². The predicted octanol–water partition coefficient (Wildman–Crippen LogP) is 2.47. The van der Waals surface area contributed by atoms with Crippen LogP contribution in [0.5, 0.6) is 0 Å². The molecule has 18 heavy (non-hydrogen) atoms. The van der Waals surface area contributed by atoms with Crippen LogP contribution in [-0.4, -0.2) is 50.3 Å². The number of nitrogens with zero attached hydrogens (tertiary/aromatic N) is 1. The van der Waals surface area contributed by atoms with Crippen LogP contribution in [0.1, 0.15) is 46.5 Å². The summed E-state index contributed by atoms with van der Waals surface area (Å²) in [5.41, 5.74) is 0. The van der Waals surface area contributed by atoms with Gasteiger partial charge in [-0.3, -0.25) is 4.79 Å². The molecule has 0 aliphatic rings. The standard InChI is InChI=1S/C14H29NO3/c1-5-17-11-8-6-7-9-14(16)15(4)10-12-18-13(2)3/h13H,5-12H2,1-4H3. The lowest BCUT2D eigenvalue weighted by molar-refractivity contribution is -0.130. The van der Waals surface area contributed by atoms with Crippen molar-refractivity contribution in [2.24, 2.45) is 0 Å². The Balaban J connectivity index is 3.44. The molecule has 108 valence electrons. The summed E-state index contributed by atoms with van der Waals surface area (Å²) in [5, 5.41) is 0. The van der Waals surface area contributed by atoms with Gasteiger partial charge in [-0.05, 0) is 33.6 Å². The van der Waals surface area contributed by atoms with Gasteiger partial charge in [-0.15, -0.1) is 0 Å². The van der Waals surface area contributed by atoms with Crippen molar-refractivity contribution in [2.45, 2.75) is 52.6 Å². The van der Waals surface area contributed by atoms with E-state index in [1.54, 1.807) is 4.90 Å². The molecule has 0 saturated heterocycles. The highest BCUT2D eigenvalue weighted by Crippen LogP contribution is 2.03. The van der Waals surface area contributed by atoms with Gasteiger partial charge in [-0.25, -0.2) is 0 Å². The second-order valence-electron chi connectivity index (χ2n) is 4.74. The zero-order valence-electron chi connectivity index (χ0n) is 12.4. The maximum Gasteiger partial charge on any atom is 0.222 e. The van der Waals surface area contributed by atoms with Crippen LogP contribution in [0.3, 0.4) is 0 Å². The van der Waals surface area contributed by atoms with Crippen LogP contribution >= 0.6 is 0 Å². The highest BCUT2D eigenvalue weighted by molar-refractivity contribution is 5.75. The van der Waals surface area contributed by atoms with E-state index >= 15 is 0 Å². The lowest BCUT2D eigenvalue weighted by Gasteiger charge is -2.18. The third kappa shape index (κ3) is 10.5. The summed E-state index contributed by atoms with van der Waals surface area (Å²) in [6, 6.07) is 0. The highest BCUT2D eigenvalue weighted by Gasteiger charge is 2.08. The molecular weight excluding hydrogens is 230 g/mol. The van der Waals surface area contributed by atoms with Crippen molar-refractivity contribution in [3.63, 3.8) is 0 Å². The lowest BCUT2D eigenvalue weighted by Crippen LogP contribution is -2.30. The molecule has 4 nitrogen and oxygen atoms in total. The number of ether oxygens (including phenoxy) is 2. The minimum Gasteiger partial charge on any atom is -0.382 e. The minimum absolute atomic E-state index is 0.207. The Kier molecular flexibility index (Phi) is 11.1. The summed E-state index contributed by atoms with van der Waals surface area (Å²) in [5.74, 6) is 0.207. The average molecular weight is 259 g/mol. The van der Waals surface area contributed by atoms with Crippen molar-refractivity contribution in [3.8, 4) is 0 Å². The van der Waals surface area contributed by atoms with Gasteiger partial charge in [0.05, 0.1) is 12.7 Å². The SMILES string of the molecule is CCOCCCCCC(=O)N(C)CCOC(C)C. The molecule has 0 aliphatic heterocycles. The first kappa shape index (κ1) is 17.4. The lowest BCUT2D eigenvalue weighted by atomic mass is 10.2. The van der Waals surface area contributed by atoms with Crippen molar-refractivity contribution >= 4 is 5.91 Å². The number of unbranched alkanes of at least 4 members (excludes halogenated alkanes) is 2. The highest BCUT2D eigenvalue weighted by atomic mass is 16.5. The van der Waals surface area contributed by atoms with Crippen molar-refractivity contribution in [2.75, 3.05) is 33.4 Å². The quantitative estimate of drug-likeness (QED) is 0.535. The van der Waals surface area contributed by atoms with Gasteiger partial charge in [0.2, 0.25) is 5.91 Å². The number of rotatable bonds is 11. The summed E-state index contributed by atoms with van der Waals surface area (Å²) in [6.45, 7) is 8.87. The molecule has 0 aliphatic carbocycles. The first-order chi connectivity index (χ1) is 8.57. The molecule has 0 atom stereocenters. The van der Waals surface area contributed by atoms with E-state index in [1.807, 2.05) is 27.8 Å². The zero-order valence-corrected chi connectivity index (χ0v) is 12.4. The minimum atomic E-state index is 0.207. The largest absolute Gasteiger partial charge is 0.382 e. The topological polar surface area (TPSA) is 38.8 Å². The van der Waals surface area contributed by atoms with E-state index in [0.717, 1.165) is 32.5 Å². The Morgan fingerprint density at radius 1 is 1.17 bits per heavy atom. The van der Waals surface area contributed by atoms with E-state index in [0.29, 0.717) is 19.6 Å². The van der Waals surface area contributed by atoms with Crippen molar-refractivity contribution in [1.82, 2.24) is 4.90 Å². The fourth-order valence-corrected chi connectivity index (χ4v) is 1.54. The molecule has 0 bridgehead atoms. The normalized spacial score (nSPS) is 10.9. The van der Waals surface area contributed by atoms with E-state index in [-0.39, 0.29) is 12.0 Å². The van der Waals surface area contributed by atoms with E-state index < -0.39 is 0 Å². The van der Waals surface area contributed by atoms with E-state index in [1.165, 1.54) is 0 Å². The third-order valence-corrected chi connectivity index (χ3v) is 2.69. The van der Waals surface area contributed by atoms with Crippen molar-refractivity contribution in [3.05, 3.63) is 0 Å². The second kappa shape index (κ2) is 11.5. The number of hydrogen-bond acceptors (Lipinski definition) is 3. The molecule has 0 fully saturated rings. The molecule has 0 spiro atoms. The average Bonchev–Trinajstić information content (AvgIpc) is 2.32. The van der Waals surface area contributed by atoms with Crippen LogP contribution in [0, 0.1) is 0 Å². The Morgan fingerprint density at radius 3 is 2.50 bits per heavy atom. The van der Waals surface area contributed by atoms with E-state index in [4.69, 9.17) is 9.47 Å². The molecular formula is C14H29NO3. The Labute approximate surface area is 112 Å². The molecule has 0 saturated carbocycles. The summed E-state index contributed by atoms with van der Waals surface area (Å²) in [4.78, 5) is 13.5. The maximum absolute atomic E-state index is 11.7. The van der Waals surface area contributed by atoms with Crippen LogP contribution in [0.2, 0.25) is 0 Å². The monoisotopic (exact) mass is 259 g/mol. The summed E-state index contributed by atoms with van der Waals surface area (Å²) >= 11 is 0. The molecule has 0 N–H and O–H groups in total. The molecule has 0 unspecified atom stereocenters. The number of carbonyl (C=O) groups excluding carboxylic acids is 1. The molecule has 1 amide bonds. The molecule has 0 radical (unpaired) electrons. The Hall–Kier alpha value is -0.610. The fraction of sp³-hybridized carbons (Fsp3) is 0.929. The van der Waals surface area contributed by atoms with Gasteiger partial charge in [0.25, 0.3) is 0 Å². The number of likely N-dealkylation sites (N-methyl/N-ethyl adjacent to an activating group) is 1. The Bertz CT molecular complexity index is 207. The molecule has 0 aromatic carbocycles. The van der Waals surface area contributed by atoms with Crippen molar-refractivity contribution < 1.29 is 14.3 Å². The van der Waals surface area contributed by atoms with Gasteiger partial charge in [0, 0.05) is 33.2 Å². The summed E-state index contributed by atoms with van der Waals surface area (Å²) < 4.78 is 10.7. The molecule has 0 heterocycles. The van der Waals surface area contributed by atoms with Crippen LogP contribution in [0.4, 0.5) is 0 Å². The zero-order chi connectivity index (χ0) is 13.8. The first-order valence-corrected chi connectivity index (χ1v) is 7.01. The van der Waals surface area contributed by atoms with Crippen LogP contribution in [-0.2, 0) is 14.3 Å². The second-order valence-corrected chi connectivity index (χ2v) is 4.74. The molecule has 0 rings (SSSR count). The third-order valence-electron chi connectivity index (χ3n) is 2.69. The Morgan fingerprint density at radius 2 is 1.89 bits per heavy atom. The maximum atomic E-state index is 11.7. The van der Waals surface area contributed by atoms with Gasteiger partial charge >= 0.3 is 0 Å². The number of hydrogen-bond donors (Lipinski definition) is 0.